The summed E-state index contributed by atoms with van der Waals surface area (Å²) >= 11 is 13.5. The first-order valence-corrected chi connectivity index (χ1v) is 6.60. The van der Waals surface area contributed by atoms with Gasteiger partial charge in [0, 0.05) is 12.5 Å². The number of halogens is 2. The van der Waals surface area contributed by atoms with Crippen molar-refractivity contribution in [3.05, 3.63) is 17.8 Å². The maximum absolute atomic E-state index is 5.97. The SMILES string of the molecule is ClC1(Cl)CC1CNc1ncnc2sccc12. The number of thiophene rings is 1. The highest BCUT2D eigenvalue weighted by molar-refractivity contribution is 7.16. The van der Waals surface area contributed by atoms with Crippen molar-refractivity contribution < 1.29 is 0 Å². The summed E-state index contributed by atoms with van der Waals surface area (Å²) in [4.78, 5) is 9.41. The molecule has 2 aromatic rings. The summed E-state index contributed by atoms with van der Waals surface area (Å²) in [6.45, 7) is 0.759. The van der Waals surface area contributed by atoms with Gasteiger partial charge in [-0.3, -0.25) is 0 Å². The highest BCUT2D eigenvalue weighted by Gasteiger charge is 2.51. The average Bonchev–Trinajstić information content (AvgIpc) is 2.68. The Hall–Kier alpha value is -0.580. The van der Waals surface area contributed by atoms with Crippen molar-refractivity contribution in [1.82, 2.24) is 9.97 Å². The maximum atomic E-state index is 5.97. The number of anilines is 1. The van der Waals surface area contributed by atoms with E-state index in [1.165, 1.54) is 0 Å². The van der Waals surface area contributed by atoms with Gasteiger partial charge in [0.1, 0.15) is 21.3 Å². The fourth-order valence-corrected chi connectivity index (χ4v) is 2.90. The molecule has 16 heavy (non-hydrogen) atoms. The molecule has 1 unspecified atom stereocenters. The summed E-state index contributed by atoms with van der Waals surface area (Å²) in [6, 6.07) is 2.02. The van der Waals surface area contributed by atoms with Crippen LogP contribution in [0.1, 0.15) is 6.42 Å². The van der Waals surface area contributed by atoms with Crippen LogP contribution in [0.2, 0.25) is 0 Å². The molecule has 0 bridgehead atoms. The lowest BCUT2D eigenvalue weighted by Gasteiger charge is -2.05. The molecule has 2 heterocycles. The molecule has 0 saturated heterocycles. The fourth-order valence-electron chi connectivity index (χ4n) is 1.64. The summed E-state index contributed by atoms with van der Waals surface area (Å²) in [5, 5.41) is 6.35. The standard InChI is InChI=1S/C10H9Cl2N3S/c11-10(12)3-6(10)4-13-8-7-1-2-16-9(7)15-5-14-8/h1-2,5-6H,3-4H2,(H,13,14,15). The van der Waals surface area contributed by atoms with Crippen LogP contribution < -0.4 is 5.32 Å². The van der Waals surface area contributed by atoms with Crippen LogP contribution in [-0.4, -0.2) is 20.8 Å². The van der Waals surface area contributed by atoms with Crippen LogP contribution in [-0.2, 0) is 0 Å². The second-order valence-corrected chi connectivity index (χ2v) is 6.34. The van der Waals surface area contributed by atoms with E-state index >= 15 is 0 Å². The Bertz CT molecular complexity index is 526. The van der Waals surface area contributed by atoms with Crippen LogP contribution in [0.5, 0.6) is 0 Å². The Morgan fingerprint density at radius 3 is 3.06 bits per heavy atom. The smallest absolute Gasteiger partial charge is 0.138 e. The third-order valence-corrected chi connectivity index (χ3v) is 4.48. The Morgan fingerprint density at radius 1 is 1.50 bits per heavy atom. The minimum Gasteiger partial charge on any atom is -0.369 e. The van der Waals surface area contributed by atoms with Crippen molar-refractivity contribution in [2.75, 3.05) is 11.9 Å². The van der Waals surface area contributed by atoms with E-state index in [1.54, 1.807) is 17.7 Å². The van der Waals surface area contributed by atoms with Crippen molar-refractivity contribution in [2.45, 2.75) is 10.8 Å². The molecular weight excluding hydrogens is 265 g/mol. The van der Waals surface area contributed by atoms with Crippen molar-refractivity contribution >= 4 is 50.6 Å². The largest absolute Gasteiger partial charge is 0.369 e. The number of hydrogen-bond acceptors (Lipinski definition) is 4. The number of alkyl halides is 2. The first-order chi connectivity index (χ1) is 7.67. The highest BCUT2D eigenvalue weighted by Crippen LogP contribution is 2.52. The van der Waals surface area contributed by atoms with Crippen LogP contribution in [0, 0.1) is 5.92 Å². The van der Waals surface area contributed by atoms with Gasteiger partial charge < -0.3 is 5.32 Å². The minimum absolute atomic E-state index is 0.319. The molecule has 1 fully saturated rings. The first kappa shape index (κ1) is 10.6. The van der Waals surface area contributed by atoms with Gasteiger partial charge in [0.25, 0.3) is 0 Å². The molecule has 6 heteroatoms. The van der Waals surface area contributed by atoms with Gasteiger partial charge in [-0.2, -0.15) is 0 Å². The monoisotopic (exact) mass is 273 g/mol. The Balaban J connectivity index is 1.77. The van der Waals surface area contributed by atoms with E-state index in [0.717, 1.165) is 29.0 Å². The summed E-state index contributed by atoms with van der Waals surface area (Å²) in [6.07, 6.45) is 2.42. The van der Waals surface area contributed by atoms with E-state index < -0.39 is 4.33 Å². The van der Waals surface area contributed by atoms with Gasteiger partial charge in [0.2, 0.25) is 0 Å². The topological polar surface area (TPSA) is 37.8 Å². The Kier molecular flexibility index (Phi) is 2.46. The second-order valence-electron chi connectivity index (χ2n) is 3.90. The van der Waals surface area contributed by atoms with E-state index in [-0.39, 0.29) is 0 Å². The molecule has 1 aliphatic carbocycles. The highest BCUT2D eigenvalue weighted by atomic mass is 35.5. The number of aromatic nitrogens is 2. The predicted molar refractivity (Wildman–Crippen MR) is 68.4 cm³/mol. The van der Waals surface area contributed by atoms with Gasteiger partial charge >= 0.3 is 0 Å². The average molecular weight is 274 g/mol. The molecule has 0 spiro atoms. The minimum atomic E-state index is -0.534. The summed E-state index contributed by atoms with van der Waals surface area (Å²) in [5.41, 5.74) is 0. The van der Waals surface area contributed by atoms with E-state index in [9.17, 15) is 0 Å². The molecule has 3 nitrogen and oxygen atoms in total. The number of nitrogens with one attached hydrogen (secondary N) is 1. The van der Waals surface area contributed by atoms with Crippen LogP contribution in [0.3, 0.4) is 0 Å². The summed E-state index contributed by atoms with van der Waals surface area (Å²) < 4.78 is -0.534. The van der Waals surface area contributed by atoms with Gasteiger partial charge in [-0.25, -0.2) is 9.97 Å². The quantitative estimate of drug-likeness (QED) is 0.873. The lowest BCUT2D eigenvalue weighted by molar-refractivity contribution is 0.870. The lowest BCUT2D eigenvalue weighted by Crippen LogP contribution is -2.08. The third kappa shape index (κ3) is 1.85. The fraction of sp³-hybridized carbons (Fsp3) is 0.400. The normalized spacial score (nSPS) is 22.2. The number of nitrogens with zero attached hydrogens (tertiary/aromatic N) is 2. The molecule has 0 aromatic carbocycles. The van der Waals surface area contributed by atoms with Gasteiger partial charge in [0.15, 0.2) is 0 Å². The number of rotatable bonds is 3. The van der Waals surface area contributed by atoms with Gasteiger partial charge in [-0.05, 0) is 17.9 Å². The number of hydrogen-bond donors (Lipinski definition) is 1. The third-order valence-electron chi connectivity index (χ3n) is 2.73. The van der Waals surface area contributed by atoms with Crippen LogP contribution in [0.25, 0.3) is 10.2 Å². The molecule has 0 amide bonds. The van der Waals surface area contributed by atoms with Crippen molar-refractivity contribution in [2.24, 2.45) is 5.92 Å². The van der Waals surface area contributed by atoms with Gasteiger partial charge in [-0.1, -0.05) is 0 Å². The zero-order valence-corrected chi connectivity index (χ0v) is 10.6. The van der Waals surface area contributed by atoms with Crippen LogP contribution >= 0.6 is 34.5 Å². The van der Waals surface area contributed by atoms with E-state index in [1.807, 2.05) is 11.4 Å². The van der Waals surface area contributed by atoms with Crippen molar-refractivity contribution in [1.29, 1.82) is 0 Å². The van der Waals surface area contributed by atoms with Gasteiger partial charge in [0.05, 0.1) is 5.39 Å². The first-order valence-electron chi connectivity index (χ1n) is 4.97. The molecule has 2 aromatic heterocycles. The molecule has 3 rings (SSSR count). The molecule has 1 atom stereocenters. The lowest BCUT2D eigenvalue weighted by atomic mass is 10.3. The number of fused-ring (bicyclic) bond motifs is 1. The molecule has 0 radical (unpaired) electrons. The molecule has 0 aliphatic heterocycles. The molecule has 1 aliphatic rings. The van der Waals surface area contributed by atoms with Crippen LogP contribution in [0.15, 0.2) is 17.8 Å². The molecule has 84 valence electrons. The summed E-state index contributed by atoms with van der Waals surface area (Å²) in [5.74, 6) is 1.18. The maximum Gasteiger partial charge on any atom is 0.138 e. The second kappa shape index (κ2) is 3.72. The Morgan fingerprint density at radius 2 is 2.31 bits per heavy atom. The van der Waals surface area contributed by atoms with Crippen molar-refractivity contribution in [3.63, 3.8) is 0 Å². The van der Waals surface area contributed by atoms with E-state index in [0.29, 0.717) is 5.92 Å². The molecule has 1 saturated carbocycles. The molecule has 1 N–H and O–H groups in total. The van der Waals surface area contributed by atoms with E-state index in [2.05, 4.69) is 15.3 Å². The Labute approximate surface area is 107 Å². The zero-order chi connectivity index (χ0) is 11.2. The van der Waals surface area contributed by atoms with Crippen LogP contribution in [0.4, 0.5) is 5.82 Å². The predicted octanol–water partition coefficient (Wildman–Crippen LogP) is 3.30. The zero-order valence-electron chi connectivity index (χ0n) is 8.28. The van der Waals surface area contributed by atoms with Crippen molar-refractivity contribution in [3.8, 4) is 0 Å². The molecular formula is C10H9Cl2N3S. The van der Waals surface area contributed by atoms with E-state index in [4.69, 9.17) is 23.2 Å². The summed E-state index contributed by atoms with van der Waals surface area (Å²) in [7, 11) is 0. The van der Waals surface area contributed by atoms with Gasteiger partial charge in [-0.15, -0.1) is 34.5 Å².